The fraction of sp³-hybridized carbons (Fsp3) is 0.133. The smallest absolute Gasteiger partial charge is 0.255 e. The van der Waals surface area contributed by atoms with Gasteiger partial charge in [0, 0.05) is 27.8 Å². The lowest BCUT2D eigenvalue weighted by atomic mass is 10.1. The Morgan fingerprint density at radius 2 is 1.95 bits per heavy atom. The second-order valence-electron chi connectivity index (χ2n) is 4.36. The van der Waals surface area contributed by atoms with E-state index < -0.39 is 0 Å². The zero-order valence-corrected chi connectivity index (χ0v) is 13.5. The van der Waals surface area contributed by atoms with E-state index >= 15 is 0 Å². The minimum absolute atomic E-state index is 0.159. The summed E-state index contributed by atoms with van der Waals surface area (Å²) in [5.41, 5.74) is 3.17. The van der Waals surface area contributed by atoms with E-state index in [1.165, 1.54) is 0 Å². The Balaban J connectivity index is 2.26. The van der Waals surface area contributed by atoms with Gasteiger partial charge in [-0.1, -0.05) is 11.6 Å². The standard InChI is InChI=1S/C15H14BrClN2O/c1-9-7-11(18-2)4-5-12(9)15(20)19-14-8-10(17)3-6-13(14)16/h3-8,18H,1-2H3,(H,19,20). The molecule has 0 spiro atoms. The van der Waals surface area contributed by atoms with Gasteiger partial charge in [-0.05, 0) is 64.8 Å². The van der Waals surface area contributed by atoms with E-state index in [1.54, 1.807) is 24.3 Å². The Bertz CT molecular complexity index is 658. The molecule has 0 heterocycles. The molecular formula is C15H14BrClN2O. The molecule has 0 radical (unpaired) electrons. The summed E-state index contributed by atoms with van der Waals surface area (Å²) >= 11 is 9.33. The Morgan fingerprint density at radius 1 is 1.20 bits per heavy atom. The van der Waals surface area contributed by atoms with Crippen molar-refractivity contribution in [2.75, 3.05) is 17.7 Å². The highest BCUT2D eigenvalue weighted by Crippen LogP contribution is 2.27. The highest BCUT2D eigenvalue weighted by Gasteiger charge is 2.11. The van der Waals surface area contributed by atoms with Crippen LogP contribution in [0.4, 0.5) is 11.4 Å². The van der Waals surface area contributed by atoms with E-state index in [0.29, 0.717) is 16.3 Å². The number of hydrogen-bond donors (Lipinski definition) is 2. The van der Waals surface area contributed by atoms with Crippen LogP contribution in [0.5, 0.6) is 0 Å². The van der Waals surface area contributed by atoms with Crippen molar-refractivity contribution in [1.82, 2.24) is 0 Å². The monoisotopic (exact) mass is 352 g/mol. The van der Waals surface area contributed by atoms with E-state index in [-0.39, 0.29) is 5.91 Å². The topological polar surface area (TPSA) is 41.1 Å². The maximum absolute atomic E-state index is 12.3. The number of benzene rings is 2. The maximum atomic E-state index is 12.3. The van der Waals surface area contributed by atoms with Gasteiger partial charge in [-0.3, -0.25) is 4.79 Å². The van der Waals surface area contributed by atoms with Crippen LogP contribution in [0.2, 0.25) is 5.02 Å². The van der Waals surface area contributed by atoms with Gasteiger partial charge >= 0.3 is 0 Å². The lowest BCUT2D eigenvalue weighted by Gasteiger charge is -2.11. The van der Waals surface area contributed by atoms with Crippen LogP contribution >= 0.6 is 27.5 Å². The first kappa shape index (κ1) is 14.9. The molecular weight excluding hydrogens is 340 g/mol. The SMILES string of the molecule is CNc1ccc(C(=O)Nc2cc(Cl)ccc2Br)c(C)c1. The zero-order valence-electron chi connectivity index (χ0n) is 11.1. The number of aryl methyl sites for hydroxylation is 1. The van der Waals surface area contributed by atoms with Crippen LogP contribution in [-0.4, -0.2) is 13.0 Å². The number of anilines is 2. The van der Waals surface area contributed by atoms with Crippen LogP contribution < -0.4 is 10.6 Å². The number of halogens is 2. The zero-order chi connectivity index (χ0) is 14.7. The second-order valence-corrected chi connectivity index (χ2v) is 5.65. The van der Waals surface area contributed by atoms with Gasteiger partial charge in [0.05, 0.1) is 5.69 Å². The summed E-state index contributed by atoms with van der Waals surface area (Å²) in [5, 5.41) is 6.47. The molecule has 0 aliphatic heterocycles. The molecule has 0 aromatic heterocycles. The van der Waals surface area contributed by atoms with Crippen molar-refractivity contribution in [3.63, 3.8) is 0 Å². The lowest BCUT2D eigenvalue weighted by Crippen LogP contribution is -2.13. The van der Waals surface area contributed by atoms with Gasteiger partial charge < -0.3 is 10.6 Å². The summed E-state index contributed by atoms with van der Waals surface area (Å²) in [7, 11) is 1.84. The molecule has 0 aliphatic rings. The number of hydrogen-bond acceptors (Lipinski definition) is 2. The molecule has 2 aromatic carbocycles. The number of rotatable bonds is 3. The molecule has 104 valence electrons. The molecule has 0 unspecified atom stereocenters. The van der Waals surface area contributed by atoms with Crippen molar-refractivity contribution in [3.8, 4) is 0 Å². The first-order valence-electron chi connectivity index (χ1n) is 6.06. The summed E-state index contributed by atoms with van der Waals surface area (Å²) in [5.74, 6) is -0.159. The van der Waals surface area contributed by atoms with Crippen molar-refractivity contribution in [3.05, 3.63) is 57.0 Å². The predicted octanol–water partition coefficient (Wildman–Crippen LogP) is 4.70. The first-order chi connectivity index (χ1) is 9.51. The molecule has 0 aliphatic carbocycles. The summed E-state index contributed by atoms with van der Waals surface area (Å²) in [6.07, 6.45) is 0. The summed E-state index contributed by atoms with van der Waals surface area (Å²) in [4.78, 5) is 12.3. The van der Waals surface area contributed by atoms with Crippen LogP contribution in [0.15, 0.2) is 40.9 Å². The third kappa shape index (κ3) is 3.32. The van der Waals surface area contributed by atoms with Gasteiger partial charge in [-0.25, -0.2) is 0 Å². The van der Waals surface area contributed by atoms with Crippen LogP contribution in [-0.2, 0) is 0 Å². The Hall–Kier alpha value is -1.52. The van der Waals surface area contributed by atoms with Crippen LogP contribution in [0.25, 0.3) is 0 Å². The highest BCUT2D eigenvalue weighted by atomic mass is 79.9. The summed E-state index contributed by atoms with van der Waals surface area (Å²) in [6, 6.07) is 10.9. The normalized spacial score (nSPS) is 10.2. The Morgan fingerprint density at radius 3 is 2.60 bits per heavy atom. The van der Waals surface area contributed by atoms with Gasteiger partial charge in [-0.2, -0.15) is 0 Å². The third-order valence-corrected chi connectivity index (χ3v) is 3.86. The fourth-order valence-electron chi connectivity index (χ4n) is 1.86. The van der Waals surface area contributed by atoms with Gasteiger partial charge in [0.25, 0.3) is 5.91 Å². The first-order valence-corrected chi connectivity index (χ1v) is 7.23. The van der Waals surface area contributed by atoms with E-state index in [1.807, 2.05) is 26.1 Å². The Kier molecular flexibility index (Phi) is 4.68. The molecule has 0 bridgehead atoms. The molecule has 2 rings (SSSR count). The quantitative estimate of drug-likeness (QED) is 0.839. The second kappa shape index (κ2) is 6.29. The van der Waals surface area contributed by atoms with E-state index in [2.05, 4.69) is 26.6 Å². The van der Waals surface area contributed by atoms with Gasteiger partial charge in [0.15, 0.2) is 0 Å². The highest BCUT2D eigenvalue weighted by molar-refractivity contribution is 9.10. The molecule has 3 nitrogen and oxygen atoms in total. The number of carbonyl (C=O) groups is 1. The molecule has 0 fully saturated rings. The number of amides is 1. The van der Waals surface area contributed by atoms with E-state index in [4.69, 9.17) is 11.6 Å². The van der Waals surface area contributed by atoms with Crippen molar-refractivity contribution in [1.29, 1.82) is 0 Å². The molecule has 2 N–H and O–H groups in total. The lowest BCUT2D eigenvalue weighted by molar-refractivity contribution is 0.102. The molecule has 20 heavy (non-hydrogen) atoms. The molecule has 0 saturated carbocycles. The van der Waals surface area contributed by atoms with Crippen molar-refractivity contribution in [2.45, 2.75) is 6.92 Å². The minimum atomic E-state index is -0.159. The third-order valence-electron chi connectivity index (χ3n) is 2.94. The summed E-state index contributed by atoms with van der Waals surface area (Å²) in [6.45, 7) is 1.91. The van der Waals surface area contributed by atoms with Crippen LogP contribution in [0.3, 0.4) is 0 Å². The fourth-order valence-corrected chi connectivity index (χ4v) is 2.37. The van der Waals surface area contributed by atoms with Crippen molar-refractivity contribution < 1.29 is 4.79 Å². The summed E-state index contributed by atoms with van der Waals surface area (Å²) < 4.78 is 0.791. The van der Waals surface area contributed by atoms with E-state index in [9.17, 15) is 4.79 Å². The average Bonchev–Trinajstić information content (AvgIpc) is 2.42. The van der Waals surface area contributed by atoms with E-state index in [0.717, 1.165) is 15.7 Å². The molecule has 0 saturated heterocycles. The molecule has 1 amide bonds. The molecule has 0 atom stereocenters. The predicted molar refractivity (Wildman–Crippen MR) is 87.8 cm³/mol. The number of nitrogens with one attached hydrogen (secondary N) is 2. The molecule has 2 aromatic rings. The van der Waals surface area contributed by atoms with Gasteiger partial charge in [-0.15, -0.1) is 0 Å². The van der Waals surface area contributed by atoms with Crippen molar-refractivity contribution in [2.24, 2.45) is 0 Å². The van der Waals surface area contributed by atoms with Crippen LogP contribution in [0.1, 0.15) is 15.9 Å². The van der Waals surface area contributed by atoms with Gasteiger partial charge in [0.2, 0.25) is 0 Å². The van der Waals surface area contributed by atoms with Gasteiger partial charge in [0.1, 0.15) is 0 Å². The molecule has 5 heteroatoms. The number of carbonyl (C=O) groups excluding carboxylic acids is 1. The maximum Gasteiger partial charge on any atom is 0.255 e. The largest absolute Gasteiger partial charge is 0.388 e. The average molecular weight is 354 g/mol. The van der Waals surface area contributed by atoms with Crippen molar-refractivity contribution >= 4 is 44.8 Å². The Labute approximate surface area is 131 Å². The minimum Gasteiger partial charge on any atom is -0.388 e. The van der Waals surface area contributed by atoms with Crippen LogP contribution in [0, 0.1) is 6.92 Å².